The van der Waals surface area contributed by atoms with Crippen molar-refractivity contribution in [2.75, 3.05) is 5.32 Å². The summed E-state index contributed by atoms with van der Waals surface area (Å²) >= 11 is 6.52. The molecular formula is C19H17Br2N5O3. The van der Waals surface area contributed by atoms with Gasteiger partial charge in [0.05, 0.1) is 15.9 Å². The zero-order valence-corrected chi connectivity index (χ0v) is 19.0. The Balaban J connectivity index is 1.65. The lowest BCUT2D eigenvalue weighted by Crippen LogP contribution is -2.20. The number of furan rings is 1. The molecule has 2 heterocycles. The minimum Gasteiger partial charge on any atom is -0.444 e. The summed E-state index contributed by atoms with van der Waals surface area (Å²) in [5.41, 5.74) is 5.62. The topological polar surface area (TPSA) is 102 Å². The molecule has 0 aliphatic carbocycles. The van der Waals surface area contributed by atoms with Crippen LogP contribution in [-0.2, 0) is 7.05 Å². The number of benzene rings is 1. The van der Waals surface area contributed by atoms with Crippen LogP contribution in [0.25, 0.3) is 0 Å². The summed E-state index contributed by atoms with van der Waals surface area (Å²) < 4.78 is 7.96. The van der Waals surface area contributed by atoms with Crippen LogP contribution in [0.4, 0.5) is 5.69 Å². The molecule has 0 radical (unpaired) electrons. The lowest BCUT2D eigenvalue weighted by atomic mass is 10.1. The van der Waals surface area contributed by atoms with E-state index in [1.807, 2.05) is 6.92 Å². The lowest BCUT2D eigenvalue weighted by Gasteiger charge is -2.06. The molecule has 0 bridgehead atoms. The molecule has 0 saturated carbocycles. The Labute approximate surface area is 183 Å². The van der Waals surface area contributed by atoms with Crippen molar-refractivity contribution in [3.05, 3.63) is 68.3 Å². The molecule has 0 aliphatic heterocycles. The molecule has 0 fully saturated rings. The lowest BCUT2D eigenvalue weighted by molar-refractivity contribution is 0.0947. The van der Waals surface area contributed by atoms with Crippen molar-refractivity contribution in [1.29, 1.82) is 0 Å². The fourth-order valence-electron chi connectivity index (χ4n) is 2.40. The van der Waals surface area contributed by atoms with Gasteiger partial charge in [-0.25, -0.2) is 5.43 Å². The summed E-state index contributed by atoms with van der Waals surface area (Å²) in [5.74, 6) is -0.553. The number of rotatable bonds is 5. The van der Waals surface area contributed by atoms with Crippen molar-refractivity contribution in [1.82, 2.24) is 15.2 Å². The maximum atomic E-state index is 12.3. The molecule has 0 aliphatic rings. The van der Waals surface area contributed by atoms with Gasteiger partial charge in [-0.2, -0.15) is 10.2 Å². The number of nitrogens with zero attached hydrogens (tertiary/aromatic N) is 3. The van der Waals surface area contributed by atoms with E-state index in [9.17, 15) is 9.59 Å². The highest BCUT2D eigenvalue weighted by Crippen LogP contribution is 2.20. The summed E-state index contributed by atoms with van der Waals surface area (Å²) in [6.45, 7) is 3.63. The van der Waals surface area contributed by atoms with Crippen LogP contribution < -0.4 is 10.7 Å². The molecule has 2 N–H and O–H groups in total. The van der Waals surface area contributed by atoms with Gasteiger partial charge in [0.2, 0.25) is 0 Å². The predicted octanol–water partition coefficient (Wildman–Crippen LogP) is 4.25. The van der Waals surface area contributed by atoms with Crippen LogP contribution in [-0.4, -0.2) is 27.3 Å². The van der Waals surface area contributed by atoms with E-state index in [0.717, 1.165) is 11.3 Å². The largest absolute Gasteiger partial charge is 0.444 e. The van der Waals surface area contributed by atoms with Crippen molar-refractivity contribution < 1.29 is 14.0 Å². The monoisotopic (exact) mass is 521 g/mol. The molecule has 2 amide bonds. The third-order valence-corrected chi connectivity index (χ3v) is 5.53. The van der Waals surface area contributed by atoms with E-state index in [1.165, 1.54) is 0 Å². The number of hydrogen-bond donors (Lipinski definition) is 2. The third-order valence-electron chi connectivity index (χ3n) is 4.16. The van der Waals surface area contributed by atoms with E-state index in [1.54, 1.807) is 55.1 Å². The quantitative estimate of drug-likeness (QED) is 0.386. The van der Waals surface area contributed by atoms with Crippen molar-refractivity contribution in [3.8, 4) is 0 Å². The molecule has 0 saturated heterocycles. The fourth-order valence-corrected chi connectivity index (χ4v) is 3.23. The first kappa shape index (κ1) is 21.0. The number of amides is 2. The van der Waals surface area contributed by atoms with E-state index >= 15 is 0 Å². The van der Waals surface area contributed by atoms with E-state index in [4.69, 9.17) is 4.42 Å². The van der Waals surface area contributed by atoms with Crippen molar-refractivity contribution in [2.45, 2.75) is 13.8 Å². The first-order valence-electron chi connectivity index (χ1n) is 8.47. The van der Waals surface area contributed by atoms with Crippen LogP contribution >= 0.6 is 31.9 Å². The average Bonchev–Trinajstić information content (AvgIpc) is 3.25. The zero-order chi connectivity index (χ0) is 21.1. The Kier molecular flexibility index (Phi) is 6.33. The number of carbonyl (C=O) groups is 2. The second-order valence-electron chi connectivity index (χ2n) is 6.14. The summed E-state index contributed by atoms with van der Waals surface area (Å²) in [6, 6.07) is 10.3. The van der Waals surface area contributed by atoms with Crippen LogP contribution in [0.3, 0.4) is 0 Å². The minimum atomic E-state index is -0.409. The Hall–Kier alpha value is -2.72. The van der Waals surface area contributed by atoms with Gasteiger partial charge in [0.15, 0.2) is 16.1 Å². The van der Waals surface area contributed by atoms with Gasteiger partial charge in [0.1, 0.15) is 0 Å². The highest BCUT2D eigenvalue weighted by Gasteiger charge is 2.17. The van der Waals surface area contributed by atoms with E-state index in [2.05, 4.69) is 52.8 Å². The Bertz CT molecular complexity index is 1100. The number of aryl methyl sites for hydroxylation is 1. The van der Waals surface area contributed by atoms with E-state index in [-0.39, 0.29) is 17.4 Å². The Morgan fingerprint density at radius 3 is 2.34 bits per heavy atom. The third kappa shape index (κ3) is 4.83. The molecule has 3 aromatic rings. The van der Waals surface area contributed by atoms with Gasteiger partial charge in [0.25, 0.3) is 11.8 Å². The van der Waals surface area contributed by atoms with E-state index < -0.39 is 5.91 Å². The highest BCUT2D eigenvalue weighted by molar-refractivity contribution is 9.10. The maximum Gasteiger partial charge on any atom is 0.293 e. The smallest absolute Gasteiger partial charge is 0.293 e. The molecule has 0 atom stereocenters. The molecular weight excluding hydrogens is 506 g/mol. The fraction of sp³-hybridized carbons (Fsp3) is 0.158. The normalized spacial score (nSPS) is 11.4. The highest BCUT2D eigenvalue weighted by atomic mass is 79.9. The van der Waals surface area contributed by atoms with Gasteiger partial charge in [0, 0.05) is 12.7 Å². The molecule has 1 aromatic carbocycles. The predicted molar refractivity (Wildman–Crippen MR) is 116 cm³/mol. The number of anilines is 1. The molecule has 3 rings (SSSR count). The van der Waals surface area contributed by atoms with Crippen LogP contribution in [0.15, 0.2) is 55.1 Å². The van der Waals surface area contributed by atoms with Crippen molar-refractivity contribution in [2.24, 2.45) is 12.1 Å². The SMILES string of the molecule is C/C(=N\NC(=O)c1nn(C)c(C)c1Br)c1ccc(NC(=O)c2ccc(Br)o2)cc1. The first-order chi connectivity index (χ1) is 13.8. The summed E-state index contributed by atoms with van der Waals surface area (Å²) in [5, 5.41) is 11.0. The summed E-state index contributed by atoms with van der Waals surface area (Å²) in [7, 11) is 1.76. The number of halogens is 2. The van der Waals surface area contributed by atoms with Gasteiger partial charge >= 0.3 is 0 Å². The number of aromatic nitrogens is 2. The number of hydrogen-bond acceptors (Lipinski definition) is 5. The standard InChI is InChI=1S/C19H17Br2N5O3/c1-10(23-24-19(28)17-16(21)11(2)26(3)25-17)12-4-6-13(7-5-12)22-18(27)14-8-9-15(20)29-14/h4-9H,1-3H3,(H,22,27)(H,24,28)/b23-10+. The molecule has 2 aromatic heterocycles. The van der Waals surface area contributed by atoms with Crippen molar-refractivity contribution in [3.63, 3.8) is 0 Å². The van der Waals surface area contributed by atoms with Gasteiger partial charge in [-0.05, 0) is 75.5 Å². The minimum absolute atomic E-state index is 0.206. The van der Waals surface area contributed by atoms with Gasteiger partial charge in [-0.15, -0.1) is 0 Å². The van der Waals surface area contributed by atoms with Gasteiger partial charge in [-0.1, -0.05) is 12.1 Å². The molecule has 29 heavy (non-hydrogen) atoms. The maximum absolute atomic E-state index is 12.3. The molecule has 10 heteroatoms. The first-order valence-corrected chi connectivity index (χ1v) is 10.1. The molecule has 150 valence electrons. The van der Waals surface area contributed by atoms with Gasteiger partial charge in [-0.3, -0.25) is 14.3 Å². The second kappa shape index (κ2) is 8.75. The van der Waals surface area contributed by atoms with E-state index in [0.29, 0.717) is 20.5 Å². The average molecular weight is 523 g/mol. The van der Waals surface area contributed by atoms with Gasteiger partial charge < -0.3 is 9.73 Å². The number of hydrazone groups is 1. The second-order valence-corrected chi connectivity index (χ2v) is 7.72. The summed E-state index contributed by atoms with van der Waals surface area (Å²) in [4.78, 5) is 24.4. The van der Waals surface area contributed by atoms with Crippen LogP contribution in [0.2, 0.25) is 0 Å². The van der Waals surface area contributed by atoms with Crippen LogP contribution in [0, 0.1) is 6.92 Å². The van der Waals surface area contributed by atoms with Crippen molar-refractivity contribution >= 4 is 55.1 Å². The summed E-state index contributed by atoms with van der Waals surface area (Å²) in [6.07, 6.45) is 0. The molecule has 8 nitrogen and oxygen atoms in total. The zero-order valence-electron chi connectivity index (χ0n) is 15.8. The Morgan fingerprint density at radius 1 is 1.10 bits per heavy atom. The molecule has 0 unspecified atom stereocenters. The Morgan fingerprint density at radius 2 is 1.79 bits per heavy atom. The molecule has 0 spiro atoms. The number of nitrogens with one attached hydrogen (secondary N) is 2. The van der Waals surface area contributed by atoms with Crippen LogP contribution in [0.5, 0.6) is 0 Å². The van der Waals surface area contributed by atoms with Crippen LogP contribution in [0.1, 0.15) is 39.2 Å². The number of carbonyl (C=O) groups excluding carboxylic acids is 2.